The van der Waals surface area contributed by atoms with Gasteiger partial charge in [-0.1, -0.05) is 18.2 Å². The molecule has 3 N–H and O–H groups in total. The Morgan fingerprint density at radius 2 is 1.79 bits per heavy atom. The van der Waals surface area contributed by atoms with Crippen LogP contribution in [-0.4, -0.2) is 33.4 Å². The van der Waals surface area contributed by atoms with E-state index in [1.807, 2.05) is 24.3 Å². The van der Waals surface area contributed by atoms with Crippen LogP contribution in [0, 0.1) is 0 Å². The van der Waals surface area contributed by atoms with E-state index in [0.717, 1.165) is 10.9 Å². The van der Waals surface area contributed by atoms with Gasteiger partial charge >= 0.3 is 7.12 Å². The first-order chi connectivity index (χ1) is 8.72. The molecule has 0 saturated heterocycles. The molecule has 2 rings (SSSR count). The summed E-state index contributed by atoms with van der Waals surface area (Å²) in [6.45, 7) is 6.83. The molecule has 0 fully saturated rings. The van der Waals surface area contributed by atoms with Crippen LogP contribution in [0.25, 0.3) is 10.9 Å². The zero-order chi connectivity index (χ0) is 14.3. The van der Waals surface area contributed by atoms with Gasteiger partial charge in [-0.05, 0) is 39.1 Å². The normalized spacial score (nSPS) is 12.9. The van der Waals surface area contributed by atoms with Crippen molar-refractivity contribution in [2.75, 3.05) is 0 Å². The Labute approximate surface area is 113 Å². The van der Waals surface area contributed by atoms with Crippen LogP contribution in [0.3, 0.4) is 0 Å². The van der Waals surface area contributed by atoms with E-state index in [4.69, 9.17) is 4.65 Å². The number of para-hydroxylation sites is 1. The number of aromatic amines is 1. The van der Waals surface area contributed by atoms with E-state index in [1.54, 1.807) is 33.9 Å². The van der Waals surface area contributed by atoms with Crippen LogP contribution in [0.4, 0.5) is 0 Å². The van der Waals surface area contributed by atoms with Gasteiger partial charge in [0.15, 0.2) is 0 Å². The fraction of sp³-hybridized carbons (Fsp3) is 0.429. The van der Waals surface area contributed by atoms with Gasteiger partial charge in [-0.25, -0.2) is 0 Å². The Bertz CT molecular complexity index is 571. The molecule has 2 aromatic rings. The van der Waals surface area contributed by atoms with Crippen LogP contribution in [0.1, 0.15) is 27.7 Å². The highest BCUT2D eigenvalue weighted by molar-refractivity contribution is 6.63. The molecule has 1 aromatic heterocycles. The molecule has 1 aromatic carbocycles. The quantitative estimate of drug-likeness (QED) is 0.729. The van der Waals surface area contributed by atoms with Gasteiger partial charge in [-0.2, -0.15) is 0 Å². The second kappa shape index (κ2) is 4.67. The summed E-state index contributed by atoms with van der Waals surface area (Å²) in [4.78, 5) is 3.09. The first-order valence-electron chi connectivity index (χ1n) is 6.37. The predicted molar refractivity (Wildman–Crippen MR) is 77.4 cm³/mol. The van der Waals surface area contributed by atoms with Gasteiger partial charge in [0.2, 0.25) is 0 Å². The summed E-state index contributed by atoms with van der Waals surface area (Å²) in [6, 6.07) is 7.70. The van der Waals surface area contributed by atoms with Crippen molar-refractivity contribution in [2.45, 2.75) is 38.9 Å². The van der Waals surface area contributed by atoms with Crippen molar-refractivity contribution in [3.63, 3.8) is 0 Å². The molecule has 4 nitrogen and oxygen atoms in total. The third-order valence-electron chi connectivity index (χ3n) is 3.77. The van der Waals surface area contributed by atoms with Crippen molar-refractivity contribution in [3.05, 3.63) is 30.5 Å². The third kappa shape index (κ3) is 2.68. The average Bonchev–Trinajstić information content (AvgIpc) is 2.70. The van der Waals surface area contributed by atoms with E-state index in [-0.39, 0.29) is 0 Å². The molecule has 102 valence electrons. The molecule has 0 aliphatic rings. The van der Waals surface area contributed by atoms with Gasteiger partial charge in [0.25, 0.3) is 0 Å². The summed E-state index contributed by atoms with van der Waals surface area (Å²) in [7, 11) is -1.09. The Morgan fingerprint density at radius 1 is 1.16 bits per heavy atom. The van der Waals surface area contributed by atoms with Crippen LogP contribution in [0.5, 0.6) is 0 Å². The highest BCUT2D eigenvalue weighted by Gasteiger charge is 2.40. The lowest BCUT2D eigenvalue weighted by atomic mass is 9.76. The molecule has 0 amide bonds. The minimum absolute atomic E-state index is 0.674. The van der Waals surface area contributed by atoms with Crippen molar-refractivity contribution < 1.29 is 14.8 Å². The van der Waals surface area contributed by atoms with Crippen LogP contribution in [0.15, 0.2) is 30.5 Å². The minimum Gasteiger partial charge on any atom is -0.423 e. The number of nitrogens with one attached hydrogen (secondary N) is 1. The lowest BCUT2D eigenvalue weighted by Gasteiger charge is -2.38. The molecule has 0 atom stereocenters. The Kier molecular flexibility index (Phi) is 3.47. The largest absolute Gasteiger partial charge is 0.493 e. The van der Waals surface area contributed by atoms with E-state index in [0.29, 0.717) is 5.46 Å². The maximum absolute atomic E-state index is 10.3. The molecule has 5 heteroatoms. The number of benzene rings is 1. The summed E-state index contributed by atoms with van der Waals surface area (Å²) in [5.74, 6) is 0. The summed E-state index contributed by atoms with van der Waals surface area (Å²) >= 11 is 0. The van der Waals surface area contributed by atoms with Gasteiger partial charge in [0.05, 0.1) is 11.2 Å². The fourth-order valence-corrected chi connectivity index (χ4v) is 1.79. The van der Waals surface area contributed by atoms with E-state index in [1.165, 1.54) is 0 Å². The molecule has 0 unspecified atom stereocenters. The lowest BCUT2D eigenvalue weighted by Crippen LogP contribution is -2.53. The first kappa shape index (κ1) is 14.1. The van der Waals surface area contributed by atoms with E-state index >= 15 is 0 Å². The maximum Gasteiger partial charge on any atom is 0.493 e. The van der Waals surface area contributed by atoms with Gasteiger partial charge in [0, 0.05) is 17.2 Å². The summed E-state index contributed by atoms with van der Waals surface area (Å²) in [6.07, 6.45) is 1.73. The van der Waals surface area contributed by atoms with Crippen molar-refractivity contribution in [2.24, 2.45) is 0 Å². The third-order valence-corrected chi connectivity index (χ3v) is 3.77. The number of fused-ring (bicyclic) bond motifs is 1. The van der Waals surface area contributed by atoms with Crippen molar-refractivity contribution in [3.8, 4) is 0 Å². The van der Waals surface area contributed by atoms with Gasteiger partial charge in [-0.3, -0.25) is 0 Å². The summed E-state index contributed by atoms with van der Waals surface area (Å²) < 4.78 is 5.64. The summed E-state index contributed by atoms with van der Waals surface area (Å²) in [5.41, 5.74) is -0.306. The molecule has 0 spiro atoms. The second-order valence-corrected chi connectivity index (χ2v) is 5.83. The number of aliphatic hydroxyl groups is 1. The molecule has 0 radical (unpaired) electrons. The zero-order valence-electron chi connectivity index (χ0n) is 11.8. The van der Waals surface area contributed by atoms with Crippen molar-refractivity contribution >= 4 is 23.5 Å². The van der Waals surface area contributed by atoms with Gasteiger partial charge in [0.1, 0.15) is 0 Å². The standard InChI is InChI=1S/C14H20BNO3/c1-13(2,17)14(3,4)19-15(18)11-9-16-12-8-6-5-7-10(11)12/h5-9,16-18H,1-4H3. The molecule has 19 heavy (non-hydrogen) atoms. The SMILES string of the molecule is CC(C)(O)C(C)(C)OB(O)c1c[nH]c2ccccc12. The van der Waals surface area contributed by atoms with Gasteiger partial charge in [-0.15, -0.1) is 0 Å². The minimum atomic E-state index is -1.09. The molecule has 1 heterocycles. The zero-order valence-corrected chi connectivity index (χ0v) is 11.8. The highest BCUT2D eigenvalue weighted by atomic mass is 16.5. The molecule has 0 aliphatic heterocycles. The number of hydrogen-bond acceptors (Lipinski definition) is 3. The molecule has 0 saturated carbocycles. The predicted octanol–water partition coefficient (Wildman–Crippen LogP) is 1.42. The van der Waals surface area contributed by atoms with Crippen LogP contribution < -0.4 is 5.46 Å². The van der Waals surface area contributed by atoms with Crippen LogP contribution in [0.2, 0.25) is 0 Å². The van der Waals surface area contributed by atoms with E-state index in [2.05, 4.69) is 4.98 Å². The first-order valence-corrected chi connectivity index (χ1v) is 6.37. The van der Waals surface area contributed by atoms with E-state index < -0.39 is 18.3 Å². The fourth-order valence-electron chi connectivity index (χ4n) is 1.79. The Morgan fingerprint density at radius 3 is 2.42 bits per heavy atom. The van der Waals surface area contributed by atoms with Gasteiger partial charge < -0.3 is 19.8 Å². The number of hydrogen-bond donors (Lipinski definition) is 3. The number of aromatic nitrogens is 1. The number of rotatable bonds is 4. The molecule has 0 aliphatic carbocycles. The molecule has 0 bridgehead atoms. The lowest BCUT2D eigenvalue weighted by molar-refractivity contribution is -0.0982. The Hall–Kier alpha value is -1.30. The number of H-pyrrole nitrogens is 1. The molecular formula is C14H20BNO3. The summed E-state index contributed by atoms with van der Waals surface area (Å²) in [5, 5.41) is 21.2. The Balaban J connectivity index is 2.28. The molecular weight excluding hydrogens is 241 g/mol. The smallest absolute Gasteiger partial charge is 0.423 e. The second-order valence-electron chi connectivity index (χ2n) is 5.83. The average molecular weight is 261 g/mol. The van der Waals surface area contributed by atoms with Crippen molar-refractivity contribution in [1.29, 1.82) is 0 Å². The van der Waals surface area contributed by atoms with Crippen molar-refractivity contribution in [1.82, 2.24) is 4.98 Å². The van der Waals surface area contributed by atoms with Crippen LogP contribution >= 0.6 is 0 Å². The topological polar surface area (TPSA) is 65.5 Å². The maximum atomic E-state index is 10.3. The van der Waals surface area contributed by atoms with Crippen LogP contribution in [-0.2, 0) is 4.65 Å². The highest BCUT2D eigenvalue weighted by Crippen LogP contribution is 2.25. The van der Waals surface area contributed by atoms with E-state index in [9.17, 15) is 10.1 Å². The monoisotopic (exact) mass is 261 g/mol.